The molecular weight excluding hydrogens is 208 g/mol. The average Bonchev–Trinajstić information content (AvgIpc) is 2.48. The molecule has 0 saturated carbocycles. The van der Waals surface area contributed by atoms with Crippen LogP contribution in [0.5, 0.6) is 0 Å². The molecule has 0 aliphatic heterocycles. The van der Waals surface area contributed by atoms with Gasteiger partial charge in [-0.2, -0.15) is 0 Å². The number of nitrogens with one attached hydrogen (secondary N) is 1. The quantitative estimate of drug-likeness (QED) is 0.805. The van der Waals surface area contributed by atoms with E-state index in [1.807, 2.05) is 40.0 Å². The molecular formula is C11H18N2OS. The van der Waals surface area contributed by atoms with Crippen LogP contribution >= 0.6 is 11.3 Å². The maximum Gasteiger partial charge on any atom is 0.187 e. The molecule has 1 heterocycles. The number of anilines is 1. The fraction of sp³-hybridized carbons (Fsp3) is 0.636. The van der Waals surface area contributed by atoms with E-state index >= 15 is 0 Å². The molecule has 1 rings (SSSR count). The molecule has 0 unspecified atom stereocenters. The highest BCUT2D eigenvalue weighted by molar-refractivity contribution is 7.13. The molecule has 0 saturated heterocycles. The van der Waals surface area contributed by atoms with Crippen LogP contribution in [0.25, 0.3) is 0 Å². The predicted octanol–water partition coefficient (Wildman–Crippen LogP) is 3.19. The lowest BCUT2D eigenvalue weighted by Crippen LogP contribution is -2.20. The van der Waals surface area contributed by atoms with Crippen LogP contribution in [0, 0.1) is 5.41 Å². The maximum atomic E-state index is 11.9. The summed E-state index contributed by atoms with van der Waals surface area (Å²) in [4.78, 5) is 16.2. The van der Waals surface area contributed by atoms with E-state index < -0.39 is 0 Å². The zero-order valence-corrected chi connectivity index (χ0v) is 10.7. The second-order valence-corrected chi connectivity index (χ2v) is 5.77. The molecule has 3 nitrogen and oxygen atoms in total. The van der Waals surface area contributed by atoms with Gasteiger partial charge in [0.05, 0.1) is 0 Å². The minimum atomic E-state index is -0.358. The summed E-state index contributed by atoms with van der Waals surface area (Å²) in [6.07, 6.45) is 0. The Morgan fingerprint density at radius 3 is 2.53 bits per heavy atom. The number of rotatable bonds is 3. The van der Waals surface area contributed by atoms with E-state index in [-0.39, 0.29) is 11.2 Å². The first-order valence-electron chi connectivity index (χ1n) is 5.07. The molecule has 0 spiro atoms. The summed E-state index contributed by atoms with van der Waals surface area (Å²) in [5.41, 5.74) is 0.207. The van der Waals surface area contributed by atoms with Crippen LogP contribution in [-0.2, 0) is 0 Å². The molecule has 0 radical (unpaired) electrons. The predicted molar refractivity (Wildman–Crippen MR) is 64.7 cm³/mol. The van der Waals surface area contributed by atoms with Crippen LogP contribution in [0.2, 0.25) is 0 Å². The third-order valence-corrected chi connectivity index (χ3v) is 2.60. The van der Waals surface area contributed by atoms with Gasteiger partial charge in [-0.25, -0.2) is 4.98 Å². The zero-order valence-electron chi connectivity index (χ0n) is 9.92. The smallest absolute Gasteiger partial charge is 0.187 e. The van der Waals surface area contributed by atoms with Crippen LogP contribution in [0.15, 0.2) is 5.38 Å². The molecule has 15 heavy (non-hydrogen) atoms. The van der Waals surface area contributed by atoms with Crippen LogP contribution in [-0.4, -0.2) is 16.8 Å². The Labute approximate surface area is 94.9 Å². The van der Waals surface area contributed by atoms with E-state index in [2.05, 4.69) is 10.3 Å². The fourth-order valence-electron chi connectivity index (χ4n) is 1.08. The third-order valence-electron chi connectivity index (χ3n) is 1.83. The lowest BCUT2D eigenvalue weighted by molar-refractivity contribution is 0.0854. The summed E-state index contributed by atoms with van der Waals surface area (Å²) in [7, 11) is 0. The van der Waals surface area contributed by atoms with E-state index in [0.29, 0.717) is 11.7 Å². The van der Waals surface area contributed by atoms with E-state index in [1.54, 1.807) is 0 Å². The van der Waals surface area contributed by atoms with Gasteiger partial charge in [0, 0.05) is 16.8 Å². The number of nitrogens with zero attached hydrogens (tertiary/aromatic N) is 1. The summed E-state index contributed by atoms with van der Waals surface area (Å²) < 4.78 is 0. The molecule has 1 aromatic rings. The largest absolute Gasteiger partial charge is 0.359 e. The molecule has 0 bridgehead atoms. The average molecular weight is 226 g/mol. The Kier molecular flexibility index (Phi) is 3.50. The van der Waals surface area contributed by atoms with E-state index in [0.717, 1.165) is 5.13 Å². The minimum absolute atomic E-state index is 0.0931. The standard InChI is InChI=1S/C11H18N2OS/c1-7(2)12-10-13-8(6-15-10)9(14)11(3,4)5/h6-7H,1-5H3,(H,12,13). The third kappa shape index (κ3) is 3.30. The molecule has 4 heteroatoms. The monoisotopic (exact) mass is 226 g/mol. The molecule has 0 fully saturated rings. The van der Waals surface area contributed by atoms with Crippen molar-refractivity contribution in [2.24, 2.45) is 5.41 Å². The molecule has 0 aromatic carbocycles. The van der Waals surface area contributed by atoms with Crippen molar-refractivity contribution in [2.45, 2.75) is 40.7 Å². The molecule has 1 aromatic heterocycles. The highest BCUT2D eigenvalue weighted by Crippen LogP contribution is 2.24. The number of thiazole rings is 1. The molecule has 0 atom stereocenters. The number of aromatic nitrogens is 1. The van der Waals surface area contributed by atoms with Crippen molar-refractivity contribution in [3.8, 4) is 0 Å². The van der Waals surface area contributed by atoms with Crippen LogP contribution in [0.3, 0.4) is 0 Å². The van der Waals surface area contributed by atoms with Gasteiger partial charge in [0.1, 0.15) is 5.69 Å². The second kappa shape index (κ2) is 4.31. The Hall–Kier alpha value is -0.900. The Balaban J connectivity index is 2.81. The van der Waals surface area contributed by atoms with Gasteiger partial charge in [-0.15, -0.1) is 11.3 Å². The lowest BCUT2D eigenvalue weighted by atomic mass is 9.89. The summed E-state index contributed by atoms with van der Waals surface area (Å²) >= 11 is 1.48. The van der Waals surface area contributed by atoms with Crippen molar-refractivity contribution in [2.75, 3.05) is 5.32 Å². The lowest BCUT2D eigenvalue weighted by Gasteiger charge is -2.14. The Bertz CT molecular complexity index is 350. The van der Waals surface area contributed by atoms with Gasteiger partial charge in [0.15, 0.2) is 10.9 Å². The van der Waals surface area contributed by atoms with Gasteiger partial charge in [0.2, 0.25) is 0 Å². The summed E-state index contributed by atoms with van der Waals surface area (Å²) in [5.74, 6) is 0.0931. The van der Waals surface area contributed by atoms with Crippen molar-refractivity contribution >= 4 is 22.3 Å². The van der Waals surface area contributed by atoms with E-state index in [9.17, 15) is 4.79 Å². The number of hydrogen-bond acceptors (Lipinski definition) is 4. The van der Waals surface area contributed by atoms with Crippen molar-refractivity contribution in [1.82, 2.24) is 4.98 Å². The number of hydrogen-bond donors (Lipinski definition) is 1. The van der Waals surface area contributed by atoms with Crippen LogP contribution in [0.4, 0.5) is 5.13 Å². The molecule has 84 valence electrons. The summed E-state index contributed by atoms with van der Waals surface area (Å²) in [5, 5.41) is 5.82. The number of carbonyl (C=O) groups is 1. The number of carbonyl (C=O) groups excluding carboxylic acids is 1. The van der Waals surface area contributed by atoms with Crippen LogP contribution in [0.1, 0.15) is 45.1 Å². The van der Waals surface area contributed by atoms with Gasteiger partial charge in [-0.1, -0.05) is 20.8 Å². The normalized spacial score (nSPS) is 11.9. The van der Waals surface area contributed by atoms with E-state index in [1.165, 1.54) is 11.3 Å². The topological polar surface area (TPSA) is 42.0 Å². The van der Waals surface area contributed by atoms with Gasteiger partial charge >= 0.3 is 0 Å². The first kappa shape index (κ1) is 12.2. The van der Waals surface area contributed by atoms with Crippen molar-refractivity contribution < 1.29 is 4.79 Å². The fourth-order valence-corrected chi connectivity index (χ4v) is 1.91. The van der Waals surface area contributed by atoms with Crippen molar-refractivity contribution in [1.29, 1.82) is 0 Å². The van der Waals surface area contributed by atoms with Crippen LogP contribution < -0.4 is 5.32 Å². The van der Waals surface area contributed by atoms with E-state index in [4.69, 9.17) is 0 Å². The number of ketones is 1. The SMILES string of the molecule is CC(C)Nc1nc(C(=O)C(C)(C)C)cs1. The molecule has 0 aliphatic rings. The van der Waals surface area contributed by atoms with Crippen molar-refractivity contribution in [3.63, 3.8) is 0 Å². The minimum Gasteiger partial charge on any atom is -0.359 e. The number of Topliss-reactive ketones (excluding diaryl/α,β-unsaturated/α-hetero) is 1. The van der Waals surface area contributed by atoms with Gasteiger partial charge in [-0.05, 0) is 13.8 Å². The summed E-state index contributed by atoms with van der Waals surface area (Å²) in [6, 6.07) is 0.341. The molecule has 0 amide bonds. The van der Waals surface area contributed by atoms with Gasteiger partial charge < -0.3 is 5.32 Å². The Morgan fingerprint density at radius 2 is 2.07 bits per heavy atom. The summed E-state index contributed by atoms with van der Waals surface area (Å²) in [6.45, 7) is 9.82. The zero-order chi connectivity index (χ0) is 11.6. The first-order chi connectivity index (χ1) is 6.80. The first-order valence-corrected chi connectivity index (χ1v) is 5.95. The molecule has 1 N–H and O–H groups in total. The highest BCUT2D eigenvalue weighted by atomic mass is 32.1. The van der Waals surface area contributed by atoms with Gasteiger partial charge in [0.25, 0.3) is 0 Å². The highest BCUT2D eigenvalue weighted by Gasteiger charge is 2.25. The second-order valence-electron chi connectivity index (χ2n) is 4.92. The maximum absolute atomic E-state index is 11.9. The molecule has 0 aliphatic carbocycles. The van der Waals surface area contributed by atoms with Crippen molar-refractivity contribution in [3.05, 3.63) is 11.1 Å². The Morgan fingerprint density at radius 1 is 1.47 bits per heavy atom. The van der Waals surface area contributed by atoms with Gasteiger partial charge in [-0.3, -0.25) is 4.79 Å².